The van der Waals surface area contributed by atoms with E-state index < -0.39 is 5.97 Å². The third kappa shape index (κ3) is 2.94. The molecule has 1 atom stereocenters. The third-order valence-corrected chi connectivity index (χ3v) is 3.54. The van der Waals surface area contributed by atoms with E-state index in [1.807, 2.05) is 29.8 Å². The maximum Gasteiger partial charge on any atom is 0.308 e. The number of hydrogen-bond donors (Lipinski definition) is 1. The maximum absolute atomic E-state index is 11.0. The summed E-state index contributed by atoms with van der Waals surface area (Å²) in [6.07, 6.45) is 0.678. The molecule has 1 aromatic rings. The summed E-state index contributed by atoms with van der Waals surface area (Å²) in [4.78, 5) is 23.9. The maximum atomic E-state index is 11.0. The number of aliphatic carboxylic acids is 1. The molecule has 2 heterocycles. The molecule has 1 aliphatic rings. The standard InChI is InChI=1S/C13H20N4O2/c1-4-16(3)11-7-12(15-9(2)14-11)17-6-5-10(8-17)13(18)19/h7,10H,4-6,8H2,1-3H3,(H,18,19). The zero-order valence-electron chi connectivity index (χ0n) is 11.6. The highest BCUT2D eigenvalue weighted by atomic mass is 16.4. The molecular formula is C13H20N4O2. The summed E-state index contributed by atoms with van der Waals surface area (Å²) >= 11 is 0. The fraction of sp³-hybridized carbons (Fsp3) is 0.615. The number of carbonyl (C=O) groups is 1. The molecule has 1 N–H and O–H groups in total. The van der Waals surface area contributed by atoms with Crippen molar-refractivity contribution in [3.63, 3.8) is 0 Å². The second kappa shape index (κ2) is 5.42. The summed E-state index contributed by atoms with van der Waals surface area (Å²) in [5.41, 5.74) is 0. The molecule has 0 spiro atoms. The van der Waals surface area contributed by atoms with E-state index in [0.717, 1.165) is 24.7 Å². The Balaban J connectivity index is 2.21. The first kappa shape index (κ1) is 13.6. The molecule has 1 saturated heterocycles. The molecule has 1 aliphatic heterocycles. The van der Waals surface area contributed by atoms with Crippen LogP contribution in [0.1, 0.15) is 19.2 Å². The fourth-order valence-electron chi connectivity index (χ4n) is 2.23. The molecule has 0 radical (unpaired) electrons. The highest BCUT2D eigenvalue weighted by molar-refractivity contribution is 5.72. The van der Waals surface area contributed by atoms with E-state index in [-0.39, 0.29) is 5.92 Å². The molecule has 6 nitrogen and oxygen atoms in total. The Morgan fingerprint density at radius 2 is 2.32 bits per heavy atom. The van der Waals surface area contributed by atoms with E-state index in [1.165, 1.54) is 0 Å². The number of hydrogen-bond acceptors (Lipinski definition) is 5. The largest absolute Gasteiger partial charge is 0.481 e. The molecule has 0 aliphatic carbocycles. The van der Waals surface area contributed by atoms with Crippen LogP contribution >= 0.6 is 0 Å². The van der Waals surface area contributed by atoms with Gasteiger partial charge in [-0.2, -0.15) is 0 Å². The minimum atomic E-state index is -0.723. The number of aryl methyl sites for hydroxylation is 1. The number of anilines is 2. The van der Waals surface area contributed by atoms with Crippen LogP contribution in [0.25, 0.3) is 0 Å². The third-order valence-electron chi connectivity index (χ3n) is 3.54. The lowest BCUT2D eigenvalue weighted by atomic mass is 10.1. The molecule has 0 saturated carbocycles. The van der Waals surface area contributed by atoms with Gasteiger partial charge in [0.1, 0.15) is 17.5 Å². The van der Waals surface area contributed by atoms with Crippen LogP contribution in [0.3, 0.4) is 0 Å². The van der Waals surface area contributed by atoms with Gasteiger partial charge in [0.05, 0.1) is 5.92 Å². The Bertz CT molecular complexity index is 478. The highest BCUT2D eigenvalue weighted by Gasteiger charge is 2.29. The van der Waals surface area contributed by atoms with Crippen LogP contribution in [0.15, 0.2) is 6.07 Å². The summed E-state index contributed by atoms with van der Waals surface area (Å²) in [5.74, 6) is 1.41. The first-order chi connectivity index (χ1) is 9.01. The van der Waals surface area contributed by atoms with Crippen molar-refractivity contribution >= 4 is 17.6 Å². The van der Waals surface area contributed by atoms with Crippen LogP contribution in [0.2, 0.25) is 0 Å². The zero-order valence-corrected chi connectivity index (χ0v) is 11.6. The van der Waals surface area contributed by atoms with E-state index in [2.05, 4.69) is 16.9 Å². The first-order valence-electron chi connectivity index (χ1n) is 6.55. The van der Waals surface area contributed by atoms with Gasteiger partial charge in [-0.1, -0.05) is 0 Å². The smallest absolute Gasteiger partial charge is 0.308 e. The van der Waals surface area contributed by atoms with Gasteiger partial charge in [0.2, 0.25) is 0 Å². The fourth-order valence-corrected chi connectivity index (χ4v) is 2.23. The minimum absolute atomic E-state index is 0.289. The second-order valence-electron chi connectivity index (χ2n) is 4.92. The van der Waals surface area contributed by atoms with Gasteiger partial charge in [-0.25, -0.2) is 9.97 Å². The zero-order chi connectivity index (χ0) is 14.0. The van der Waals surface area contributed by atoms with Gasteiger partial charge in [-0.3, -0.25) is 4.79 Å². The van der Waals surface area contributed by atoms with E-state index in [0.29, 0.717) is 18.8 Å². The lowest BCUT2D eigenvalue weighted by Crippen LogP contribution is -2.25. The van der Waals surface area contributed by atoms with E-state index in [4.69, 9.17) is 5.11 Å². The predicted molar refractivity (Wildman–Crippen MR) is 73.7 cm³/mol. The molecule has 0 aromatic carbocycles. The molecule has 2 rings (SSSR count). The average molecular weight is 264 g/mol. The lowest BCUT2D eigenvalue weighted by Gasteiger charge is -2.21. The molecular weight excluding hydrogens is 244 g/mol. The van der Waals surface area contributed by atoms with Crippen molar-refractivity contribution in [3.05, 3.63) is 11.9 Å². The Kier molecular flexibility index (Phi) is 3.87. The highest BCUT2D eigenvalue weighted by Crippen LogP contribution is 2.25. The Hall–Kier alpha value is -1.85. The lowest BCUT2D eigenvalue weighted by molar-refractivity contribution is -0.140. The van der Waals surface area contributed by atoms with Crippen molar-refractivity contribution in [2.75, 3.05) is 36.5 Å². The summed E-state index contributed by atoms with van der Waals surface area (Å²) in [7, 11) is 1.98. The SMILES string of the molecule is CCN(C)c1cc(N2CCC(C(=O)O)C2)nc(C)n1. The van der Waals surface area contributed by atoms with Crippen LogP contribution < -0.4 is 9.80 Å². The predicted octanol–water partition coefficient (Wildman–Crippen LogP) is 1.15. The van der Waals surface area contributed by atoms with Gasteiger partial charge in [-0.15, -0.1) is 0 Å². The van der Waals surface area contributed by atoms with Crippen molar-refractivity contribution in [2.24, 2.45) is 5.92 Å². The summed E-state index contributed by atoms with van der Waals surface area (Å²) in [5, 5.41) is 9.05. The Morgan fingerprint density at radius 3 is 2.89 bits per heavy atom. The van der Waals surface area contributed by atoms with Gasteiger partial charge in [0.15, 0.2) is 0 Å². The van der Waals surface area contributed by atoms with Crippen LogP contribution in [-0.4, -0.2) is 47.7 Å². The van der Waals surface area contributed by atoms with Crippen LogP contribution in [0, 0.1) is 12.8 Å². The van der Waals surface area contributed by atoms with Gasteiger partial charge < -0.3 is 14.9 Å². The molecule has 6 heteroatoms. The Morgan fingerprint density at radius 1 is 1.58 bits per heavy atom. The molecule has 0 amide bonds. The number of nitrogens with zero attached hydrogens (tertiary/aromatic N) is 4. The van der Waals surface area contributed by atoms with Gasteiger partial charge in [0, 0.05) is 32.7 Å². The van der Waals surface area contributed by atoms with Crippen molar-refractivity contribution in [1.29, 1.82) is 0 Å². The topological polar surface area (TPSA) is 69.6 Å². The van der Waals surface area contributed by atoms with Crippen LogP contribution in [0.5, 0.6) is 0 Å². The molecule has 1 unspecified atom stereocenters. The summed E-state index contributed by atoms with van der Waals surface area (Å²) in [6.45, 7) is 6.06. The average Bonchev–Trinajstić information content (AvgIpc) is 2.86. The van der Waals surface area contributed by atoms with E-state index in [9.17, 15) is 4.79 Å². The molecule has 104 valence electrons. The normalized spacial score (nSPS) is 18.7. The number of carboxylic acids is 1. The number of carboxylic acid groups (broad SMARTS) is 1. The van der Waals surface area contributed by atoms with E-state index in [1.54, 1.807) is 0 Å². The second-order valence-corrected chi connectivity index (χ2v) is 4.92. The summed E-state index contributed by atoms with van der Waals surface area (Å²) < 4.78 is 0. The minimum Gasteiger partial charge on any atom is -0.481 e. The van der Waals surface area contributed by atoms with Gasteiger partial charge in [-0.05, 0) is 20.3 Å². The first-order valence-corrected chi connectivity index (χ1v) is 6.55. The molecule has 19 heavy (non-hydrogen) atoms. The summed E-state index contributed by atoms with van der Waals surface area (Å²) in [6, 6.07) is 1.93. The Labute approximate surface area is 113 Å². The number of rotatable bonds is 4. The quantitative estimate of drug-likeness (QED) is 0.880. The number of aromatic nitrogens is 2. The van der Waals surface area contributed by atoms with Crippen molar-refractivity contribution in [1.82, 2.24) is 9.97 Å². The van der Waals surface area contributed by atoms with Crippen molar-refractivity contribution < 1.29 is 9.90 Å². The van der Waals surface area contributed by atoms with Crippen LogP contribution in [0.4, 0.5) is 11.6 Å². The van der Waals surface area contributed by atoms with Crippen molar-refractivity contribution in [3.8, 4) is 0 Å². The molecule has 1 aromatic heterocycles. The van der Waals surface area contributed by atoms with E-state index >= 15 is 0 Å². The van der Waals surface area contributed by atoms with Crippen molar-refractivity contribution in [2.45, 2.75) is 20.3 Å². The van der Waals surface area contributed by atoms with Crippen LogP contribution in [-0.2, 0) is 4.79 Å². The van der Waals surface area contributed by atoms with Gasteiger partial charge in [0.25, 0.3) is 0 Å². The monoisotopic (exact) mass is 264 g/mol. The van der Waals surface area contributed by atoms with Gasteiger partial charge >= 0.3 is 5.97 Å². The molecule has 0 bridgehead atoms. The molecule has 1 fully saturated rings.